The molecule has 0 unspecified atom stereocenters. The lowest BCUT2D eigenvalue weighted by Crippen LogP contribution is -2.17. The number of aryl methyl sites for hydroxylation is 2. The highest BCUT2D eigenvalue weighted by Crippen LogP contribution is 2.33. The molecule has 0 radical (unpaired) electrons. The molecule has 1 heterocycles. The second-order valence-electron chi connectivity index (χ2n) is 9.01. The number of para-hydroxylation sites is 1. The van der Waals surface area contributed by atoms with E-state index in [0.717, 1.165) is 38.9 Å². The van der Waals surface area contributed by atoms with E-state index in [0.29, 0.717) is 16.9 Å². The molecule has 2 N–H and O–H groups in total. The molecular formula is C32H27N3O2. The Morgan fingerprint density at radius 1 is 0.757 bits per heavy atom. The monoisotopic (exact) mass is 485 g/mol. The van der Waals surface area contributed by atoms with Crippen LogP contribution in [0, 0.1) is 13.8 Å². The SMILES string of the molecule is Cc1ccc(NC(=O)c2ccccc2)cc1NC(=O)Cc1c(C)nc2ccccc2c1-c1ccccc1. The zero-order valence-electron chi connectivity index (χ0n) is 20.8. The fraction of sp³-hybridized carbons (Fsp3) is 0.0938. The average molecular weight is 486 g/mol. The van der Waals surface area contributed by atoms with Crippen LogP contribution in [-0.4, -0.2) is 16.8 Å². The number of fused-ring (bicyclic) bond motifs is 1. The first-order valence-electron chi connectivity index (χ1n) is 12.2. The predicted molar refractivity (Wildman–Crippen MR) is 150 cm³/mol. The highest BCUT2D eigenvalue weighted by Gasteiger charge is 2.18. The third kappa shape index (κ3) is 5.26. The van der Waals surface area contributed by atoms with Crippen molar-refractivity contribution in [1.29, 1.82) is 0 Å². The second kappa shape index (κ2) is 10.5. The van der Waals surface area contributed by atoms with Crippen molar-refractivity contribution in [2.24, 2.45) is 0 Å². The van der Waals surface area contributed by atoms with Crippen LogP contribution in [0.2, 0.25) is 0 Å². The van der Waals surface area contributed by atoms with Crippen molar-refractivity contribution in [2.45, 2.75) is 20.3 Å². The summed E-state index contributed by atoms with van der Waals surface area (Å²) >= 11 is 0. The molecule has 0 saturated heterocycles. The molecular weight excluding hydrogens is 458 g/mol. The largest absolute Gasteiger partial charge is 0.325 e. The van der Waals surface area contributed by atoms with Crippen molar-refractivity contribution in [2.75, 3.05) is 10.6 Å². The van der Waals surface area contributed by atoms with Gasteiger partial charge in [-0.25, -0.2) is 0 Å². The van der Waals surface area contributed by atoms with Crippen molar-refractivity contribution >= 4 is 34.1 Å². The number of rotatable bonds is 6. The standard InChI is InChI=1S/C32H27N3O2/c1-21-17-18-25(34-32(37)24-13-7-4-8-14-24)19-29(21)35-30(36)20-27-22(2)33-28-16-10-9-15-26(28)31(27)23-11-5-3-6-12-23/h3-19H,20H2,1-2H3,(H,34,37)(H,35,36). The molecule has 5 heteroatoms. The van der Waals surface area contributed by atoms with Gasteiger partial charge in [-0.3, -0.25) is 14.6 Å². The molecule has 5 nitrogen and oxygen atoms in total. The van der Waals surface area contributed by atoms with E-state index in [2.05, 4.69) is 28.8 Å². The number of anilines is 2. The van der Waals surface area contributed by atoms with Gasteiger partial charge in [-0.1, -0.05) is 72.8 Å². The van der Waals surface area contributed by atoms with Gasteiger partial charge in [-0.2, -0.15) is 0 Å². The normalized spacial score (nSPS) is 10.8. The molecule has 0 saturated carbocycles. The van der Waals surface area contributed by atoms with E-state index in [1.165, 1.54) is 0 Å². The molecule has 4 aromatic carbocycles. The molecule has 0 spiro atoms. The van der Waals surface area contributed by atoms with Crippen LogP contribution in [0.4, 0.5) is 11.4 Å². The molecule has 37 heavy (non-hydrogen) atoms. The Labute approximate surface area is 216 Å². The van der Waals surface area contributed by atoms with Gasteiger partial charge < -0.3 is 10.6 Å². The Balaban J connectivity index is 1.43. The van der Waals surface area contributed by atoms with Crippen LogP contribution < -0.4 is 10.6 Å². The van der Waals surface area contributed by atoms with Crippen LogP contribution in [0.25, 0.3) is 22.0 Å². The zero-order valence-corrected chi connectivity index (χ0v) is 20.8. The fourth-order valence-electron chi connectivity index (χ4n) is 4.51. The van der Waals surface area contributed by atoms with Gasteiger partial charge in [0.05, 0.1) is 11.9 Å². The summed E-state index contributed by atoms with van der Waals surface area (Å²) in [5.74, 6) is -0.348. The quantitative estimate of drug-likeness (QED) is 0.273. The minimum Gasteiger partial charge on any atom is -0.325 e. The van der Waals surface area contributed by atoms with Gasteiger partial charge in [0.15, 0.2) is 0 Å². The van der Waals surface area contributed by atoms with E-state index < -0.39 is 0 Å². The molecule has 182 valence electrons. The molecule has 0 bridgehead atoms. The fourth-order valence-corrected chi connectivity index (χ4v) is 4.51. The van der Waals surface area contributed by atoms with Gasteiger partial charge in [0, 0.05) is 28.0 Å². The smallest absolute Gasteiger partial charge is 0.255 e. The summed E-state index contributed by atoms with van der Waals surface area (Å²) in [6.07, 6.45) is 0.175. The molecule has 2 amide bonds. The first kappa shape index (κ1) is 23.9. The molecule has 1 aromatic heterocycles. The van der Waals surface area contributed by atoms with E-state index in [4.69, 9.17) is 4.98 Å². The van der Waals surface area contributed by atoms with E-state index in [9.17, 15) is 9.59 Å². The topological polar surface area (TPSA) is 71.1 Å². The number of pyridine rings is 1. The number of carbonyl (C=O) groups excluding carboxylic acids is 2. The zero-order chi connectivity index (χ0) is 25.8. The number of carbonyl (C=O) groups is 2. The van der Waals surface area contributed by atoms with Crippen LogP contribution >= 0.6 is 0 Å². The molecule has 0 aliphatic heterocycles. The number of nitrogens with zero attached hydrogens (tertiary/aromatic N) is 1. The Morgan fingerprint density at radius 3 is 2.19 bits per heavy atom. The number of aromatic nitrogens is 1. The highest BCUT2D eigenvalue weighted by atomic mass is 16.2. The van der Waals surface area contributed by atoms with E-state index in [-0.39, 0.29) is 18.2 Å². The Bertz CT molecular complexity index is 1600. The first-order valence-corrected chi connectivity index (χ1v) is 12.2. The van der Waals surface area contributed by atoms with Gasteiger partial charge in [0.2, 0.25) is 5.91 Å². The van der Waals surface area contributed by atoms with Gasteiger partial charge in [-0.15, -0.1) is 0 Å². The summed E-state index contributed by atoms with van der Waals surface area (Å²) in [5.41, 5.74) is 7.45. The van der Waals surface area contributed by atoms with Crippen LogP contribution in [0.3, 0.4) is 0 Å². The number of hydrogen-bond donors (Lipinski definition) is 2. The van der Waals surface area contributed by atoms with Gasteiger partial charge in [-0.05, 0) is 66.4 Å². The summed E-state index contributed by atoms with van der Waals surface area (Å²) in [4.78, 5) is 30.7. The molecule has 5 rings (SSSR count). The van der Waals surface area contributed by atoms with Crippen LogP contribution in [0.15, 0.2) is 103 Å². The lowest BCUT2D eigenvalue weighted by molar-refractivity contribution is -0.115. The highest BCUT2D eigenvalue weighted by molar-refractivity contribution is 6.05. The second-order valence-corrected chi connectivity index (χ2v) is 9.01. The van der Waals surface area contributed by atoms with E-state index in [1.807, 2.05) is 80.6 Å². The average Bonchev–Trinajstić information content (AvgIpc) is 2.92. The van der Waals surface area contributed by atoms with Gasteiger partial charge >= 0.3 is 0 Å². The molecule has 0 aliphatic carbocycles. The molecule has 5 aromatic rings. The Morgan fingerprint density at radius 2 is 1.43 bits per heavy atom. The van der Waals surface area contributed by atoms with Gasteiger partial charge in [0.25, 0.3) is 5.91 Å². The Kier molecular flexibility index (Phi) is 6.77. The van der Waals surface area contributed by atoms with Crippen LogP contribution in [0.5, 0.6) is 0 Å². The minimum atomic E-state index is -0.202. The summed E-state index contributed by atoms with van der Waals surface area (Å²) in [7, 11) is 0. The molecule has 0 atom stereocenters. The van der Waals surface area contributed by atoms with Crippen molar-refractivity contribution < 1.29 is 9.59 Å². The van der Waals surface area contributed by atoms with Crippen LogP contribution in [-0.2, 0) is 11.2 Å². The lowest BCUT2D eigenvalue weighted by Gasteiger charge is -2.17. The number of hydrogen-bond acceptors (Lipinski definition) is 3. The summed E-state index contributed by atoms with van der Waals surface area (Å²) in [6, 6.07) is 32.7. The number of nitrogens with one attached hydrogen (secondary N) is 2. The Hall–Kier alpha value is -4.77. The molecule has 0 fully saturated rings. The summed E-state index contributed by atoms with van der Waals surface area (Å²) in [5, 5.41) is 6.97. The third-order valence-corrected chi connectivity index (χ3v) is 6.41. The number of benzene rings is 4. The summed E-state index contributed by atoms with van der Waals surface area (Å²) < 4.78 is 0. The maximum Gasteiger partial charge on any atom is 0.255 e. The van der Waals surface area contributed by atoms with E-state index >= 15 is 0 Å². The maximum atomic E-state index is 13.3. The van der Waals surface area contributed by atoms with Gasteiger partial charge in [0.1, 0.15) is 0 Å². The number of amides is 2. The van der Waals surface area contributed by atoms with Crippen molar-refractivity contribution in [1.82, 2.24) is 4.98 Å². The van der Waals surface area contributed by atoms with Crippen molar-refractivity contribution in [3.8, 4) is 11.1 Å². The maximum absolute atomic E-state index is 13.3. The van der Waals surface area contributed by atoms with E-state index in [1.54, 1.807) is 18.2 Å². The van der Waals surface area contributed by atoms with Crippen molar-refractivity contribution in [3.63, 3.8) is 0 Å². The minimum absolute atomic E-state index is 0.146. The lowest BCUT2D eigenvalue weighted by atomic mass is 9.92. The van der Waals surface area contributed by atoms with Crippen LogP contribution in [0.1, 0.15) is 27.2 Å². The predicted octanol–water partition coefficient (Wildman–Crippen LogP) is 6.95. The molecule has 0 aliphatic rings. The first-order chi connectivity index (χ1) is 18.0. The van der Waals surface area contributed by atoms with Crippen molar-refractivity contribution in [3.05, 3.63) is 126 Å². The summed E-state index contributed by atoms with van der Waals surface area (Å²) in [6.45, 7) is 3.88. The third-order valence-electron chi connectivity index (χ3n) is 6.41.